The minimum atomic E-state index is -0.432. The van der Waals surface area contributed by atoms with Crippen molar-refractivity contribution < 1.29 is 4.92 Å². The predicted octanol–water partition coefficient (Wildman–Crippen LogP) is 1.32. The molecule has 16 heavy (non-hydrogen) atoms. The molecule has 88 valence electrons. The summed E-state index contributed by atoms with van der Waals surface area (Å²) in [5, 5.41) is 16.8. The van der Waals surface area contributed by atoms with Crippen LogP contribution in [0.5, 0.6) is 0 Å². The molecular formula is C10H16N4O2. The molecule has 1 atom stereocenters. The summed E-state index contributed by atoms with van der Waals surface area (Å²) in [6.45, 7) is 4.37. The van der Waals surface area contributed by atoms with Crippen LogP contribution in [0.25, 0.3) is 0 Å². The topological polar surface area (TPSA) is 80.1 Å². The zero-order valence-corrected chi connectivity index (χ0v) is 9.65. The zero-order valence-electron chi connectivity index (χ0n) is 9.65. The number of nitrogens with one attached hydrogen (secondary N) is 2. The number of aryl methyl sites for hydroxylation is 1. The average Bonchev–Trinajstić information content (AvgIpc) is 2.25. The van der Waals surface area contributed by atoms with E-state index < -0.39 is 4.92 Å². The van der Waals surface area contributed by atoms with Crippen LogP contribution < -0.4 is 10.6 Å². The number of hydrogen-bond donors (Lipinski definition) is 2. The van der Waals surface area contributed by atoms with Crippen LogP contribution >= 0.6 is 0 Å². The van der Waals surface area contributed by atoms with Gasteiger partial charge in [-0.3, -0.25) is 10.1 Å². The van der Waals surface area contributed by atoms with E-state index in [1.807, 2.05) is 14.0 Å². The number of anilines is 1. The first-order valence-corrected chi connectivity index (χ1v) is 5.07. The van der Waals surface area contributed by atoms with Gasteiger partial charge < -0.3 is 10.6 Å². The summed E-state index contributed by atoms with van der Waals surface area (Å²) in [6.07, 6.45) is 0. The lowest BCUT2D eigenvalue weighted by Gasteiger charge is -2.12. The van der Waals surface area contributed by atoms with E-state index >= 15 is 0 Å². The first-order valence-electron chi connectivity index (χ1n) is 5.07. The summed E-state index contributed by atoms with van der Waals surface area (Å²) in [4.78, 5) is 14.4. The number of nitro groups is 1. The standard InChI is InChI=1S/C10H16N4O2/c1-7-4-5-9(14(15)16)10(13-7)12-6-8(2)11-3/h4-5,8,11H,6H2,1-3H3,(H,12,13). The molecule has 6 heteroatoms. The number of likely N-dealkylation sites (N-methyl/N-ethyl adjacent to an activating group) is 1. The lowest BCUT2D eigenvalue weighted by Crippen LogP contribution is -2.29. The van der Waals surface area contributed by atoms with Crippen LogP contribution in [0.2, 0.25) is 0 Å². The van der Waals surface area contributed by atoms with Crippen LogP contribution in [-0.2, 0) is 0 Å². The number of rotatable bonds is 5. The molecule has 0 radical (unpaired) electrons. The Hall–Kier alpha value is -1.69. The van der Waals surface area contributed by atoms with Crippen LogP contribution in [0.4, 0.5) is 11.5 Å². The fraction of sp³-hybridized carbons (Fsp3) is 0.500. The van der Waals surface area contributed by atoms with Gasteiger partial charge in [0.25, 0.3) is 0 Å². The van der Waals surface area contributed by atoms with Gasteiger partial charge in [-0.25, -0.2) is 4.98 Å². The predicted molar refractivity (Wildman–Crippen MR) is 62.6 cm³/mol. The second-order valence-electron chi connectivity index (χ2n) is 3.65. The fourth-order valence-corrected chi connectivity index (χ4v) is 1.18. The summed E-state index contributed by atoms with van der Waals surface area (Å²) < 4.78 is 0. The van der Waals surface area contributed by atoms with Gasteiger partial charge in [-0.05, 0) is 27.0 Å². The summed E-state index contributed by atoms with van der Waals surface area (Å²) in [6, 6.07) is 3.32. The van der Waals surface area contributed by atoms with E-state index in [2.05, 4.69) is 15.6 Å². The Kier molecular flexibility index (Phi) is 4.19. The Morgan fingerprint density at radius 2 is 2.25 bits per heavy atom. The van der Waals surface area contributed by atoms with Crippen molar-refractivity contribution in [1.82, 2.24) is 10.3 Å². The number of aromatic nitrogens is 1. The van der Waals surface area contributed by atoms with Crippen molar-refractivity contribution in [3.63, 3.8) is 0 Å². The third kappa shape index (κ3) is 3.16. The lowest BCUT2D eigenvalue weighted by molar-refractivity contribution is -0.384. The Bertz CT molecular complexity index is 381. The van der Waals surface area contributed by atoms with Gasteiger partial charge in [0.2, 0.25) is 5.82 Å². The van der Waals surface area contributed by atoms with Gasteiger partial charge in [-0.2, -0.15) is 0 Å². The highest BCUT2D eigenvalue weighted by molar-refractivity contribution is 5.56. The molecule has 0 aliphatic rings. The van der Waals surface area contributed by atoms with E-state index in [1.54, 1.807) is 13.0 Å². The molecule has 2 N–H and O–H groups in total. The monoisotopic (exact) mass is 224 g/mol. The van der Waals surface area contributed by atoms with Gasteiger partial charge in [0.15, 0.2) is 0 Å². The van der Waals surface area contributed by atoms with Crippen molar-refractivity contribution in [3.05, 3.63) is 27.9 Å². The van der Waals surface area contributed by atoms with Crippen molar-refractivity contribution in [2.75, 3.05) is 18.9 Å². The Morgan fingerprint density at radius 1 is 1.56 bits per heavy atom. The van der Waals surface area contributed by atoms with Crippen LogP contribution in [0.3, 0.4) is 0 Å². The molecular weight excluding hydrogens is 208 g/mol. The molecule has 1 heterocycles. The second-order valence-corrected chi connectivity index (χ2v) is 3.65. The van der Waals surface area contributed by atoms with Crippen LogP contribution in [0, 0.1) is 17.0 Å². The Morgan fingerprint density at radius 3 is 2.81 bits per heavy atom. The number of pyridine rings is 1. The quantitative estimate of drug-likeness (QED) is 0.582. The van der Waals surface area contributed by atoms with E-state index in [9.17, 15) is 10.1 Å². The molecule has 0 amide bonds. The summed E-state index contributed by atoms with van der Waals surface area (Å²) in [5.41, 5.74) is 0.763. The lowest BCUT2D eigenvalue weighted by atomic mass is 10.3. The van der Waals surface area contributed by atoms with Crippen molar-refractivity contribution in [2.45, 2.75) is 19.9 Å². The highest BCUT2D eigenvalue weighted by Crippen LogP contribution is 2.21. The maximum atomic E-state index is 10.8. The maximum Gasteiger partial charge on any atom is 0.311 e. The smallest absolute Gasteiger partial charge is 0.311 e. The molecule has 0 saturated heterocycles. The largest absolute Gasteiger partial charge is 0.363 e. The third-order valence-corrected chi connectivity index (χ3v) is 2.28. The van der Waals surface area contributed by atoms with Gasteiger partial charge in [0.1, 0.15) is 0 Å². The van der Waals surface area contributed by atoms with Crippen LogP contribution in [-0.4, -0.2) is 29.5 Å². The van der Waals surface area contributed by atoms with Crippen molar-refractivity contribution in [1.29, 1.82) is 0 Å². The first kappa shape index (κ1) is 12.4. The summed E-state index contributed by atoms with van der Waals surface area (Å²) in [5.74, 6) is 0.326. The van der Waals surface area contributed by atoms with Crippen molar-refractivity contribution in [2.24, 2.45) is 0 Å². The molecule has 0 fully saturated rings. The maximum absolute atomic E-state index is 10.8. The number of nitrogens with zero attached hydrogens (tertiary/aromatic N) is 2. The van der Waals surface area contributed by atoms with Crippen molar-refractivity contribution >= 4 is 11.5 Å². The molecule has 0 saturated carbocycles. The molecule has 1 unspecified atom stereocenters. The molecule has 6 nitrogen and oxygen atoms in total. The second kappa shape index (κ2) is 5.41. The first-order chi connectivity index (χ1) is 7.54. The molecule has 1 aromatic heterocycles. The number of hydrogen-bond acceptors (Lipinski definition) is 5. The van der Waals surface area contributed by atoms with E-state index in [4.69, 9.17) is 0 Å². The average molecular weight is 224 g/mol. The van der Waals surface area contributed by atoms with Crippen molar-refractivity contribution in [3.8, 4) is 0 Å². The third-order valence-electron chi connectivity index (χ3n) is 2.28. The fourth-order valence-electron chi connectivity index (χ4n) is 1.18. The highest BCUT2D eigenvalue weighted by atomic mass is 16.6. The van der Waals surface area contributed by atoms with E-state index in [1.165, 1.54) is 6.07 Å². The summed E-state index contributed by atoms with van der Waals surface area (Å²) >= 11 is 0. The molecule has 0 spiro atoms. The van der Waals surface area contributed by atoms with E-state index in [0.29, 0.717) is 12.4 Å². The van der Waals surface area contributed by atoms with E-state index in [-0.39, 0.29) is 11.7 Å². The van der Waals surface area contributed by atoms with Gasteiger partial charge in [-0.1, -0.05) is 0 Å². The molecule has 0 aliphatic heterocycles. The normalized spacial score (nSPS) is 12.2. The van der Waals surface area contributed by atoms with Gasteiger partial charge >= 0.3 is 5.69 Å². The Balaban J connectivity index is 2.84. The minimum absolute atomic E-state index is 0.00824. The SMILES string of the molecule is CNC(C)CNc1nc(C)ccc1[N+](=O)[O-]. The van der Waals surface area contributed by atoms with Gasteiger partial charge in [0.05, 0.1) is 4.92 Å². The van der Waals surface area contributed by atoms with Crippen LogP contribution in [0.1, 0.15) is 12.6 Å². The van der Waals surface area contributed by atoms with Gasteiger partial charge in [0, 0.05) is 24.3 Å². The summed E-state index contributed by atoms with van der Waals surface area (Å²) in [7, 11) is 1.84. The molecule has 0 aromatic carbocycles. The Labute approximate surface area is 94.2 Å². The van der Waals surface area contributed by atoms with Crippen LogP contribution in [0.15, 0.2) is 12.1 Å². The zero-order chi connectivity index (χ0) is 12.1. The van der Waals surface area contributed by atoms with Gasteiger partial charge in [-0.15, -0.1) is 0 Å². The molecule has 0 aliphatic carbocycles. The van der Waals surface area contributed by atoms with E-state index in [0.717, 1.165) is 5.69 Å². The highest BCUT2D eigenvalue weighted by Gasteiger charge is 2.15. The molecule has 1 rings (SSSR count). The molecule has 1 aromatic rings. The minimum Gasteiger partial charge on any atom is -0.363 e. The molecule has 0 bridgehead atoms.